The van der Waals surface area contributed by atoms with Gasteiger partial charge in [0, 0.05) is 18.7 Å². The molecule has 0 spiro atoms. The zero-order valence-corrected chi connectivity index (χ0v) is 9.36. The van der Waals surface area contributed by atoms with Crippen molar-refractivity contribution in [3.63, 3.8) is 0 Å². The van der Waals surface area contributed by atoms with Gasteiger partial charge in [-0.2, -0.15) is 0 Å². The van der Waals surface area contributed by atoms with Gasteiger partial charge >= 0.3 is 0 Å². The summed E-state index contributed by atoms with van der Waals surface area (Å²) in [4.78, 5) is 2.37. The number of ether oxygens (including phenoxy) is 1. The summed E-state index contributed by atoms with van der Waals surface area (Å²) in [7, 11) is 1.66. The van der Waals surface area contributed by atoms with E-state index in [0.717, 1.165) is 23.7 Å². The third kappa shape index (κ3) is 2.01. The standard InChI is InChI=1S/C12H18N2O/c1-3-14(9-4-5-9)12-7-6-10(15-2)8-11(12)13/h6-9H,3-5,13H2,1-2H3. The Labute approximate surface area is 90.8 Å². The number of anilines is 2. The van der Waals surface area contributed by atoms with Crippen LogP contribution in [0.25, 0.3) is 0 Å². The molecular formula is C12H18N2O. The number of methoxy groups -OCH3 is 1. The molecule has 0 bridgehead atoms. The fraction of sp³-hybridized carbons (Fsp3) is 0.500. The molecule has 1 saturated carbocycles. The van der Waals surface area contributed by atoms with Crippen LogP contribution >= 0.6 is 0 Å². The molecule has 0 atom stereocenters. The molecular weight excluding hydrogens is 188 g/mol. The van der Waals surface area contributed by atoms with Crippen molar-refractivity contribution in [1.82, 2.24) is 0 Å². The van der Waals surface area contributed by atoms with Gasteiger partial charge in [0.1, 0.15) is 5.75 Å². The lowest BCUT2D eigenvalue weighted by Gasteiger charge is -2.24. The Morgan fingerprint density at radius 1 is 1.47 bits per heavy atom. The van der Waals surface area contributed by atoms with Crippen LogP contribution in [-0.4, -0.2) is 19.7 Å². The predicted octanol–water partition coefficient (Wildman–Crippen LogP) is 2.27. The van der Waals surface area contributed by atoms with Gasteiger partial charge in [0.2, 0.25) is 0 Å². The summed E-state index contributed by atoms with van der Waals surface area (Å²) < 4.78 is 5.14. The molecule has 0 saturated heterocycles. The van der Waals surface area contributed by atoms with Gasteiger partial charge in [-0.15, -0.1) is 0 Å². The molecule has 3 nitrogen and oxygen atoms in total. The number of hydrogen-bond donors (Lipinski definition) is 1. The first-order valence-electron chi connectivity index (χ1n) is 5.46. The molecule has 2 rings (SSSR count). The first kappa shape index (κ1) is 10.1. The number of nitrogens with zero attached hydrogens (tertiary/aromatic N) is 1. The third-order valence-electron chi connectivity index (χ3n) is 2.87. The summed E-state index contributed by atoms with van der Waals surface area (Å²) in [5, 5.41) is 0. The van der Waals surface area contributed by atoms with Crippen molar-refractivity contribution >= 4 is 11.4 Å². The molecule has 0 unspecified atom stereocenters. The zero-order chi connectivity index (χ0) is 10.8. The molecule has 3 heteroatoms. The van der Waals surface area contributed by atoms with Crippen LogP contribution in [0, 0.1) is 0 Å². The van der Waals surface area contributed by atoms with E-state index in [9.17, 15) is 0 Å². The first-order chi connectivity index (χ1) is 7.26. The summed E-state index contributed by atoms with van der Waals surface area (Å²) in [6.07, 6.45) is 2.58. The molecule has 2 N–H and O–H groups in total. The lowest BCUT2D eigenvalue weighted by molar-refractivity contribution is 0.415. The zero-order valence-electron chi connectivity index (χ0n) is 9.36. The molecule has 0 amide bonds. The van der Waals surface area contributed by atoms with Gasteiger partial charge < -0.3 is 15.4 Å². The number of hydrogen-bond acceptors (Lipinski definition) is 3. The molecule has 1 aromatic rings. The summed E-state index contributed by atoms with van der Waals surface area (Å²) in [5.74, 6) is 0.822. The molecule has 15 heavy (non-hydrogen) atoms. The first-order valence-corrected chi connectivity index (χ1v) is 5.46. The Kier molecular flexibility index (Phi) is 2.71. The van der Waals surface area contributed by atoms with Gasteiger partial charge in [0.05, 0.1) is 18.5 Å². The number of rotatable bonds is 4. The lowest BCUT2D eigenvalue weighted by Crippen LogP contribution is -2.25. The van der Waals surface area contributed by atoms with Crippen molar-refractivity contribution in [3.05, 3.63) is 18.2 Å². The van der Waals surface area contributed by atoms with Crippen molar-refractivity contribution in [2.75, 3.05) is 24.3 Å². The van der Waals surface area contributed by atoms with Gasteiger partial charge in [0.25, 0.3) is 0 Å². The molecule has 1 aromatic carbocycles. The van der Waals surface area contributed by atoms with Crippen molar-refractivity contribution < 1.29 is 4.74 Å². The van der Waals surface area contributed by atoms with Crippen molar-refractivity contribution in [2.24, 2.45) is 0 Å². The average molecular weight is 206 g/mol. The Bertz CT molecular complexity index is 347. The van der Waals surface area contributed by atoms with Gasteiger partial charge in [-0.25, -0.2) is 0 Å². The highest BCUT2D eigenvalue weighted by Gasteiger charge is 2.29. The summed E-state index contributed by atoms with van der Waals surface area (Å²) in [5.41, 5.74) is 7.97. The topological polar surface area (TPSA) is 38.5 Å². The van der Waals surface area contributed by atoms with Gasteiger partial charge in [0.15, 0.2) is 0 Å². The van der Waals surface area contributed by atoms with Crippen LogP contribution in [0.2, 0.25) is 0 Å². The van der Waals surface area contributed by atoms with Gasteiger partial charge in [-0.05, 0) is 31.9 Å². The summed E-state index contributed by atoms with van der Waals surface area (Å²) >= 11 is 0. The minimum atomic E-state index is 0.700. The van der Waals surface area contributed by atoms with Crippen LogP contribution < -0.4 is 15.4 Å². The Morgan fingerprint density at radius 3 is 2.67 bits per heavy atom. The minimum Gasteiger partial charge on any atom is -0.497 e. The van der Waals surface area contributed by atoms with E-state index in [-0.39, 0.29) is 0 Å². The number of nitrogens with two attached hydrogens (primary N) is 1. The largest absolute Gasteiger partial charge is 0.497 e. The molecule has 1 aliphatic rings. The van der Waals surface area contributed by atoms with E-state index in [4.69, 9.17) is 10.5 Å². The fourth-order valence-electron chi connectivity index (χ4n) is 1.93. The van der Waals surface area contributed by atoms with Crippen LogP contribution in [0.1, 0.15) is 19.8 Å². The average Bonchev–Trinajstić information content (AvgIpc) is 3.05. The lowest BCUT2D eigenvalue weighted by atomic mass is 10.2. The second-order valence-electron chi connectivity index (χ2n) is 3.94. The van der Waals surface area contributed by atoms with Crippen LogP contribution in [-0.2, 0) is 0 Å². The number of nitrogen functional groups attached to an aromatic ring is 1. The summed E-state index contributed by atoms with van der Waals surface area (Å²) in [6.45, 7) is 3.18. The van der Waals surface area contributed by atoms with E-state index >= 15 is 0 Å². The van der Waals surface area contributed by atoms with Crippen LogP contribution in [0.15, 0.2) is 18.2 Å². The van der Waals surface area contributed by atoms with Crippen LogP contribution in [0.4, 0.5) is 11.4 Å². The van der Waals surface area contributed by atoms with E-state index in [1.54, 1.807) is 7.11 Å². The maximum Gasteiger partial charge on any atom is 0.121 e. The van der Waals surface area contributed by atoms with Crippen molar-refractivity contribution in [3.8, 4) is 5.75 Å². The Hall–Kier alpha value is -1.38. The molecule has 1 fully saturated rings. The predicted molar refractivity (Wildman–Crippen MR) is 63.4 cm³/mol. The highest BCUT2D eigenvalue weighted by molar-refractivity contribution is 5.70. The molecule has 0 heterocycles. The van der Waals surface area contributed by atoms with E-state index in [0.29, 0.717) is 6.04 Å². The molecule has 1 aliphatic carbocycles. The molecule has 82 valence electrons. The van der Waals surface area contributed by atoms with Crippen LogP contribution in [0.5, 0.6) is 5.75 Å². The van der Waals surface area contributed by atoms with Crippen molar-refractivity contribution in [2.45, 2.75) is 25.8 Å². The highest BCUT2D eigenvalue weighted by atomic mass is 16.5. The molecule has 0 aromatic heterocycles. The highest BCUT2D eigenvalue weighted by Crippen LogP contribution is 2.35. The van der Waals surface area contributed by atoms with E-state index in [1.165, 1.54) is 12.8 Å². The van der Waals surface area contributed by atoms with Gasteiger partial charge in [-0.1, -0.05) is 0 Å². The van der Waals surface area contributed by atoms with E-state index < -0.39 is 0 Å². The maximum atomic E-state index is 6.02. The molecule has 0 radical (unpaired) electrons. The second-order valence-corrected chi connectivity index (χ2v) is 3.94. The normalized spacial score (nSPS) is 15.1. The maximum absolute atomic E-state index is 6.02. The second kappa shape index (κ2) is 4.01. The van der Waals surface area contributed by atoms with Crippen molar-refractivity contribution in [1.29, 1.82) is 0 Å². The van der Waals surface area contributed by atoms with E-state index in [2.05, 4.69) is 17.9 Å². The Morgan fingerprint density at radius 2 is 2.20 bits per heavy atom. The van der Waals surface area contributed by atoms with Gasteiger partial charge in [-0.3, -0.25) is 0 Å². The third-order valence-corrected chi connectivity index (χ3v) is 2.87. The monoisotopic (exact) mass is 206 g/mol. The Balaban J connectivity index is 2.26. The summed E-state index contributed by atoms with van der Waals surface area (Å²) in [6, 6.07) is 6.61. The minimum absolute atomic E-state index is 0.700. The van der Waals surface area contributed by atoms with E-state index in [1.807, 2.05) is 12.1 Å². The van der Waals surface area contributed by atoms with Crippen LogP contribution in [0.3, 0.4) is 0 Å². The smallest absolute Gasteiger partial charge is 0.121 e. The SMILES string of the molecule is CCN(c1ccc(OC)cc1N)C1CC1. The number of benzene rings is 1. The fourth-order valence-corrected chi connectivity index (χ4v) is 1.93. The quantitative estimate of drug-likeness (QED) is 0.768. The molecule has 0 aliphatic heterocycles.